The predicted molar refractivity (Wildman–Crippen MR) is 150 cm³/mol. The monoisotopic (exact) mass is 578 g/mol. The Labute approximate surface area is 233 Å². The molecule has 0 radical (unpaired) electrons. The van der Waals surface area contributed by atoms with Crippen molar-refractivity contribution in [1.29, 1.82) is 0 Å². The van der Waals surface area contributed by atoms with Crippen LogP contribution in [0.3, 0.4) is 0 Å². The number of carbonyl (C=O) groups is 2. The maximum absolute atomic E-state index is 13.9. The number of primary sulfonamides is 1. The molecule has 0 spiro atoms. The molecule has 1 aliphatic carbocycles. The molecule has 2 heterocycles. The second kappa shape index (κ2) is 12.7. The number of likely N-dealkylation sites (tertiary alicyclic amines) is 1. The molecule has 1 aliphatic heterocycles. The molecule has 13 heteroatoms. The van der Waals surface area contributed by atoms with Gasteiger partial charge in [0.2, 0.25) is 16.2 Å². The molecule has 1 saturated carbocycles. The predicted octanol–water partition coefficient (Wildman–Crippen LogP) is 1.85. The summed E-state index contributed by atoms with van der Waals surface area (Å²) in [5.41, 5.74) is 1.02. The first-order chi connectivity index (χ1) is 18.6. The molecule has 2 fully saturated rings. The van der Waals surface area contributed by atoms with Gasteiger partial charge in [-0.25, -0.2) is 18.5 Å². The highest BCUT2D eigenvalue weighted by atomic mass is 32.2. The lowest BCUT2D eigenvalue weighted by atomic mass is 9.83. The lowest BCUT2D eigenvalue weighted by Crippen LogP contribution is -2.58. The number of amides is 2. The van der Waals surface area contributed by atoms with Gasteiger partial charge in [0.05, 0.1) is 12.1 Å². The van der Waals surface area contributed by atoms with Crippen LogP contribution in [0.2, 0.25) is 0 Å². The molecule has 0 unspecified atom stereocenters. The summed E-state index contributed by atoms with van der Waals surface area (Å²) in [6.45, 7) is 2.21. The zero-order valence-electron chi connectivity index (χ0n) is 22.3. The van der Waals surface area contributed by atoms with Crippen molar-refractivity contribution in [3.8, 4) is 11.3 Å². The maximum atomic E-state index is 13.9. The summed E-state index contributed by atoms with van der Waals surface area (Å²) in [6, 6.07) is 7.34. The number of likely N-dealkylation sites (N-methyl/N-ethyl adjacent to an activating group) is 1. The second-order valence-corrected chi connectivity index (χ2v) is 13.0. The molecule has 0 bridgehead atoms. The van der Waals surface area contributed by atoms with Gasteiger partial charge < -0.3 is 26.0 Å². The van der Waals surface area contributed by atoms with Crippen molar-refractivity contribution in [2.24, 2.45) is 11.1 Å². The molecular weight excluding hydrogens is 540 g/mol. The largest absolute Gasteiger partial charge is 0.372 e. The number of hydrogen-bond acceptors (Lipinski definition) is 9. The number of carbonyl (C=O) groups excluding carboxylic acids is 2. The molecule has 1 aromatic carbocycles. The molecule has 2 aromatic rings. The van der Waals surface area contributed by atoms with Crippen molar-refractivity contribution in [1.82, 2.24) is 20.5 Å². The van der Waals surface area contributed by atoms with E-state index in [1.54, 1.807) is 43.1 Å². The molecule has 39 heavy (non-hydrogen) atoms. The Balaban J connectivity index is 1.57. The van der Waals surface area contributed by atoms with Crippen LogP contribution in [0.25, 0.3) is 11.3 Å². The Hall–Kier alpha value is -2.58. The Morgan fingerprint density at radius 2 is 1.82 bits per heavy atom. The minimum atomic E-state index is -4.06. The van der Waals surface area contributed by atoms with Gasteiger partial charge in [-0.2, -0.15) is 0 Å². The third kappa shape index (κ3) is 6.95. The number of anilines is 1. The number of benzene rings is 1. The first-order valence-electron chi connectivity index (χ1n) is 13.4. The number of sulfonamides is 1. The van der Waals surface area contributed by atoms with Crippen molar-refractivity contribution in [3.63, 3.8) is 0 Å². The fourth-order valence-corrected chi connectivity index (χ4v) is 7.06. The van der Waals surface area contributed by atoms with Crippen LogP contribution in [0.15, 0.2) is 34.7 Å². The summed E-state index contributed by atoms with van der Waals surface area (Å²) >= 11 is 0.839. The van der Waals surface area contributed by atoms with Gasteiger partial charge in [-0.3, -0.25) is 9.59 Å². The van der Waals surface area contributed by atoms with E-state index in [1.165, 1.54) is 0 Å². The average Bonchev–Trinajstić information content (AvgIpc) is 3.59. The summed E-state index contributed by atoms with van der Waals surface area (Å²) < 4.78 is 23.8. The van der Waals surface area contributed by atoms with E-state index in [2.05, 4.69) is 20.9 Å². The standard InChI is InChI=1S/C26H38N6O5S2/c1-16(28-2)22(33)29-21(18-12-7-4-8-13-18)25(35)32-15-9-14-19(32)23(34)31-24-20(17-10-5-3-6-11-17)30-26(38-24)39(27,36)37/h3,5-6,10-11,16,18-19,21,23,28,31,34H,4,7-9,12-15H2,1-2H3,(H,29,33)(H2,27,36,37)/t16-,19-,21-,23-/m0/s1. The summed E-state index contributed by atoms with van der Waals surface area (Å²) in [5, 5.41) is 25.9. The van der Waals surface area contributed by atoms with E-state index in [4.69, 9.17) is 5.14 Å². The number of rotatable bonds is 10. The van der Waals surface area contributed by atoms with Crippen molar-refractivity contribution in [3.05, 3.63) is 30.3 Å². The first-order valence-corrected chi connectivity index (χ1v) is 15.8. The summed E-state index contributed by atoms with van der Waals surface area (Å²) in [5.74, 6) is -0.391. The zero-order valence-corrected chi connectivity index (χ0v) is 23.9. The van der Waals surface area contributed by atoms with Crippen LogP contribution in [0, 0.1) is 5.92 Å². The van der Waals surface area contributed by atoms with Gasteiger partial charge in [0.15, 0.2) is 0 Å². The SMILES string of the molecule is CN[C@@H](C)C(=O)N[C@H](C(=O)N1CCC[C@H]1[C@H](O)Nc1sc(S(N)(=O)=O)nc1-c1ccccc1)C1CCCCC1. The highest BCUT2D eigenvalue weighted by molar-refractivity contribution is 7.91. The highest BCUT2D eigenvalue weighted by Crippen LogP contribution is 2.36. The van der Waals surface area contributed by atoms with Crippen LogP contribution in [0.5, 0.6) is 0 Å². The Morgan fingerprint density at radius 1 is 1.13 bits per heavy atom. The number of nitrogens with two attached hydrogens (primary N) is 1. The molecule has 2 amide bonds. The van der Waals surface area contributed by atoms with Gasteiger partial charge in [-0.05, 0) is 45.6 Å². The number of thiazole rings is 1. The number of aromatic nitrogens is 1. The van der Waals surface area contributed by atoms with E-state index in [0.717, 1.165) is 43.4 Å². The van der Waals surface area contributed by atoms with E-state index in [-0.39, 0.29) is 22.1 Å². The molecule has 214 valence electrons. The number of aliphatic hydroxyl groups is 1. The topological polar surface area (TPSA) is 167 Å². The normalized spacial score (nSPS) is 20.8. The maximum Gasteiger partial charge on any atom is 0.265 e. The van der Waals surface area contributed by atoms with Gasteiger partial charge in [0.1, 0.15) is 23.0 Å². The summed E-state index contributed by atoms with van der Waals surface area (Å²) in [7, 11) is -2.36. The van der Waals surface area contributed by atoms with Crippen LogP contribution in [-0.2, 0) is 19.6 Å². The number of hydrogen-bond donors (Lipinski definition) is 5. The Morgan fingerprint density at radius 3 is 2.46 bits per heavy atom. The summed E-state index contributed by atoms with van der Waals surface area (Å²) in [6.07, 6.45) is 4.94. The van der Waals surface area contributed by atoms with Crippen molar-refractivity contribution < 1.29 is 23.1 Å². The molecule has 1 aromatic heterocycles. The zero-order chi connectivity index (χ0) is 28.2. The molecule has 1 saturated heterocycles. The van der Waals surface area contributed by atoms with Gasteiger partial charge in [-0.1, -0.05) is 60.9 Å². The molecule has 4 rings (SSSR count). The first kappa shape index (κ1) is 29.4. The van der Waals surface area contributed by atoms with Gasteiger partial charge in [-0.15, -0.1) is 0 Å². The average molecular weight is 579 g/mol. The fourth-order valence-electron chi connectivity index (χ4n) is 5.37. The van der Waals surface area contributed by atoms with Crippen LogP contribution >= 0.6 is 11.3 Å². The minimum Gasteiger partial charge on any atom is -0.372 e. The number of nitrogens with zero attached hydrogens (tertiary/aromatic N) is 2. The number of aliphatic hydroxyl groups excluding tert-OH is 1. The van der Waals surface area contributed by atoms with Crippen LogP contribution in [0.4, 0.5) is 5.00 Å². The fraction of sp³-hybridized carbons (Fsp3) is 0.577. The Kier molecular flexibility index (Phi) is 9.60. The van der Waals surface area contributed by atoms with Gasteiger partial charge in [0, 0.05) is 12.1 Å². The quantitative estimate of drug-likeness (QED) is 0.266. The van der Waals surface area contributed by atoms with Gasteiger partial charge in [0.25, 0.3) is 10.0 Å². The second-order valence-electron chi connectivity index (χ2n) is 10.3. The van der Waals surface area contributed by atoms with Crippen LogP contribution in [-0.4, -0.2) is 73.2 Å². The lowest BCUT2D eigenvalue weighted by molar-refractivity contribution is -0.141. The molecule has 11 nitrogen and oxygen atoms in total. The van der Waals surface area contributed by atoms with Gasteiger partial charge >= 0.3 is 0 Å². The van der Waals surface area contributed by atoms with Crippen molar-refractivity contribution in [2.45, 2.75) is 80.6 Å². The van der Waals surface area contributed by atoms with Crippen molar-refractivity contribution in [2.75, 3.05) is 18.9 Å². The van der Waals surface area contributed by atoms with E-state index < -0.39 is 34.4 Å². The van der Waals surface area contributed by atoms with E-state index >= 15 is 0 Å². The molecule has 4 atom stereocenters. The van der Waals surface area contributed by atoms with Crippen LogP contribution in [0.1, 0.15) is 51.9 Å². The van der Waals surface area contributed by atoms with Crippen molar-refractivity contribution >= 4 is 38.2 Å². The van der Waals surface area contributed by atoms with Crippen LogP contribution < -0.4 is 21.1 Å². The van der Waals surface area contributed by atoms with E-state index in [1.807, 2.05) is 6.07 Å². The highest BCUT2D eigenvalue weighted by Gasteiger charge is 2.41. The smallest absolute Gasteiger partial charge is 0.265 e. The summed E-state index contributed by atoms with van der Waals surface area (Å²) in [4.78, 5) is 32.6. The molecule has 2 aliphatic rings. The van der Waals surface area contributed by atoms with E-state index in [9.17, 15) is 23.1 Å². The third-order valence-corrected chi connectivity index (χ3v) is 9.94. The number of nitrogens with one attached hydrogen (secondary N) is 3. The lowest BCUT2D eigenvalue weighted by Gasteiger charge is -2.36. The third-order valence-electron chi connectivity index (χ3n) is 7.64. The molecular formula is C26H38N6O5S2. The minimum absolute atomic E-state index is 0.0362. The molecule has 6 N–H and O–H groups in total. The Bertz CT molecular complexity index is 1250. The van der Waals surface area contributed by atoms with E-state index in [0.29, 0.717) is 35.6 Å².